The number of ether oxygens (including phenoxy) is 1. The first kappa shape index (κ1) is 18.3. The highest BCUT2D eigenvalue weighted by atomic mass is 32.2. The number of H-pyrrole nitrogens is 1. The zero-order chi connectivity index (χ0) is 18.9. The molecule has 3 rings (SSSR count). The van der Waals surface area contributed by atoms with Gasteiger partial charge in [0.2, 0.25) is 0 Å². The molecule has 0 atom stereocenters. The Balaban J connectivity index is 2.11. The fourth-order valence-electron chi connectivity index (χ4n) is 2.90. The third-order valence-corrected chi connectivity index (χ3v) is 5.98. The van der Waals surface area contributed by atoms with Gasteiger partial charge < -0.3 is 4.74 Å². The van der Waals surface area contributed by atoms with Gasteiger partial charge in [-0.1, -0.05) is 13.8 Å². The zero-order valence-electron chi connectivity index (χ0n) is 15.4. The summed E-state index contributed by atoms with van der Waals surface area (Å²) in [5.41, 5.74) is 2.31. The number of anilines is 1. The molecule has 0 bridgehead atoms. The molecule has 6 nitrogen and oxygen atoms in total. The Morgan fingerprint density at radius 1 is 1.19 bits per heavy atom. The van der Waals surface area contributed by atoms with E-state index >= 15 is 0 Å². The first-order valence-corrected chi connectivity index (χ1v) is 9.87. The van der Waals surface area contributed by atoms with Gasteiger partial charge in [-0.05, 0) is 54.8 Å². The summed E-state index contributed by atoms with van der Waals surface area (Å²) < 4.78 is 33.5. The van der Waals surface area contributed by atoms with Gasteiger partial charge in [-0.15, -0.1) is 0 Å². The minimum Gasteiger partial charge on any atom is -0.497 e. The van der Waals surface area contributed by atoms with Crippen molar-refractivity contribution in [3.05, 3.63) is 48.2 Å². The summed E-state index contributed by atoms with van der Waals surface area (Å²) in [6, 6.07) is 10.4. The molecule has 2 aromatic carbocycles. The van der Waals surface area contributed by atoms with Crippen LogP contribution >= 0.6 is 0 Å². The van der Waals surface area contributed by atoms with Crippen molar-refractivity contribution < 1.29 is 13.2 Å². The van der Waals surface area contributed by atoms with E-state index in [-0.39, 0.29) is 10.8 Å². The van der Waals surface area contributed by atoms with Crippen LogP contribution in [0.3, 0.4) is 0 Å². The highest BCUT2D eigenvalue weighted by molar-refractivity contribution is 7.92. The quantitative estimate of drug-likeness (QED) is 0.714. The second kappa shape index (κ2) is 6.99. The van der Waals surface area contributed by atoms with E-state index in [0.717, 1.165) is 16.5 Å². The molecule has 0 amide bonds. The summed E-state index contributed by atoms with van der Waals surface area (Å²) in [7, 11) is -2.12. The molecule has 3 aromatic rings. The van der Waals surface area contributed by atoms with Crippen molar-refractivity contribution in [2.24, 2.45) is 5.92 Å². The fourth-order valence-corrected chi connectivity index (χ4v) is 4.63. The maximum absolute atomic E-state index is 13.4. The Kier molecular flexibility index (Phi) is 4.91. The molecule has 0 unspecified atom stereocenters. The molecule has 7 heteroatoms. The van der Waals surface area contributed by atoms with Crippen LogP contribution in [-0.2, 0) is 10.0 Å². The van der Waals surface area contributed by atoms with Gasteiger partial charge in [0.25, 0.3) is 10.0 Å². The van der Waals surface area contributed by atoms with Crippen molar-refractivity contribution in [3.63, 3.8) is 0 Å². The lowest BCUT2D eigenvalue weighted by Gasteiger charge is -2.28. The molecular formula is C19H23N3O3S. The van der Waals surface area contributed by atoms with Crippen LogP contribution in [0.1, 0.15) is 19.4 Å². The molecule has 0 radical (unpaired) electrons. The van der Waals surface area contributed by atoms with E-state index in [1.807, 2.05) is 26.8 Å². The van der Waals surface area contributed by atoms with E-state index in [0.29, 0.717) is 18.0 Å². The molecule has 138 valence electrons. The minimum atomic E-state index is -3.71. The smallest absolute Gasteiger partial charge is 0.264 e. The number of rotatable bonds is 6. The molecule has 0 spiro atoms. The Bertz CT molecular complexity index is 1030. The minimum absolute atomic E-state index is 0.170. The SMILES string of the molecule is COc1ccc(N(CC(C)C)S(=O)(=O)c2ccc3[nH]ncc3c2)c(C)c1. The van der Waals surface area contributed by atoms with Crippen molar-refractivity contribution in [1.29, 1.82) is 0 Å². The van der Waals surface area contributed by atoms with Crippen LogP contribution < -0.4 is 9.04 Å². The van der Waals surface area contributed by atoms with E-state index < -0.39 is 10.0 Å². The standard InChI is InChI=1S/C19H23N3O3S/c1-13(2)12-22(19-8-5-16(25-4)9-14(19)3)26(23,24)17-6-7-18-15(10-17)11-20-21-18/h5-11,13H,12H2,1-4H3,(H,20,21). The van der Waals surface area contributed by atoms with Gasteiger partial charge in [-0.25, -0.2) is 8.42 Å². The van der Waals surface area contributed by atoms with Gasteiger partial charge in [0.15, 0.2) is 0 Å². The Morgan fingerprint density at radius 2 is 1.96 bits per heavy atom. The second-order valence-corrected chi connectivity index (χ2v) is 8.56. The predicted molar refractivity (Wildman–Crippen MR) is 103 cm³/mol. The number of nitrogens with one attached hydrogen (secondary N) is 1. The van der Waals surface area contributed by atoms with Crippen molar-refractivity contribution in [3.8, 4) is 5.75 Å². The van der Waals surface area contributed by atoms with Crippen LogP contribution in [0.4, 0.5) is 5.69 Å². The number of sulfonamides is 1. The number of aryl methyl sites for hydroxylation is 1. The molecule has 0 fully saturated rings. The first-order valence-electron chi connectivity index (χ1n) is 8.43. The molecule has 1 N–H and O–H groups in total. The van der Waals surface area contributed by atoms with E-state index in [4.69, 9.17) is 4.74 Å². The molecule has 0 aliphatic rings. The van der Waals surface area contributed by atoms with Crippen molar-refractivity contribution >= 4 is 26.6 Å². The molecular weight excluding hydrogens is 350 g/mol. The average molecular weight is 373 g/mol. The Labute approximate surface area is 153 Å². The Hall–Kier alpha value is -2.54. The first-order chi connectivity index (χ1) is 12.3. The van der Waals surface area contributed by atoms with E-state index in [2.05, 4.69) is 10.2 Å². The predicted octanol–water partition coefficient (Wildman–Crippen LogP) is 3.73. The van der Waals surface area contributed by atoms with Gasteiger partial charge in [0.1, 0.15) is 5.75 Å². The van der Waals surface area contributed by atoms with Crippen LogP contribution in [0.2, 0.25) is 0 Å². The van der Waals surface area contributed by atoms with Crippen molar-refractivity contribution in [1.82, 2.24) is 10.2 Å². The Morgan fingerprint density at radius 3 is 2.62 bits per heavy atom. The second-order valence-electron chi connectivity index (χ2n) is 6.70. The van der Waals surface area contributed by atoms with Crippen LogP contribution in [0.25, 0.3) is 10.9 Å². The summed E-state index contributed by atoms with van der Waals surface area (Å²) in [4.78, 5) is 0.252. The number of aromatic nitrogens is 2. The van der Waals surface area contributed by atoms with Gasteiger partial charge in [0, 0.05) is 11.9 Å². The number of benzene rings is 2. The molecule has 26 heavy (non-hydrogen) atoms. The molecule has 0 aliphatic heterocycles. The lowest BCUT2D eigenvalue weighted by molar-refractivity contribution is 0.414. The van der Waals surface area contributed by atoms with Crippen LogP contribution in [-0.4, -0.2) is 32.3 Å². The number of aromatic amines is 1. The maximum Gasteiger partial charge on any atom is 0.264 e. The fraction of sp³-hybridized carbons (Fsp3) is 0.316. The highest BCUT2D eigenvalue weighted by Crippen LogP contribution is 2.31. The molecule has 1 heterocycles. The van der Waals surface area contributed by atoms with Gasteiger partial charge in [0.05, 0.1) is 29.4 Å². The van der Waals surface area contributed by atoms with E-state index in [1.165, 1.54) is 4.31 Å². The van der Waals surface area contributed by atoms with Crippen LogP contribution in [0, 0.1) is 12.8 Å². The molecule has 0 aliphatic carbocycles. The number of hydrogen-bond acceptors (Lipinski definition) is 4. The summed E-state index contributed by atoms with van der Waals surface area (Å²) in [5.74, 6) is 0.872. The average Bonchev–Trinajstić information content (AvgIpc) is 3.07. The van der Waals surface area contributed by atoms with Gasteiger partial charge >= 0.3 is 0 Å². The molecule has 1 aromatic heterocycles. The largest absolute Gasteiger partial charge is 0.497 e. The van der Waals surface area contributed by atoms with E-state index in [9.17, 15) is 8.42 Å². The lowest BCUT2D eigenvalue weighted by Crippen LogP contribution is -2.34. The molecule has 0 saturated carbocycles. The third-order valence-electron chi connectivity index (χ3n) is 4.20. The van der Waals surface area contributed by atoms with Gasteiger partial charge in [-0.2, -0.15) is 5.10 Å². The summed E-state index contributed by atoms with van der Waals surface area (Å²) in [6.07, 6.45) is 1.62. The summed E-state index contributed by atoms with van der Waals surface area (Å²) in [6.45, 7) is 6.28. The maximum atomic E-state index is 13.4. The summed E-state index contributed by atoms with van der Waals surface area (Å²) >= 11 is 0. The normalized spacial score (nSPS) is 11.9. The van der Waals surface area contributed by atoms with Crippen molar-refractivity contribution in [2.45, 2.75) is 25.7 Å². The highest BCUT2D eigenvalue weighted by Gasteiger charge is 2.27. The van der Waals surface area contributed by atoms with Crippen LogP contribution in [0.15, 0.2) is 47.5 Å². The van der Waals surface area contributed by atoms with E-state index in [1.54, 1.807) is 43.6 Å². The number of nitrogens with zero attached hydrogens (tertiary/aromatic N) is 2. The van der Waals surface area contributed by atoms with Gasteiger partial charge in [-0.3, -0.25) is 9.40 Å². The monoisotopic (exact) mass is 373 g/mol. The molecule has 0 saturated heterocycles. The topological polar surface area (TPSA) is 75.3 Å². The number of methoxy groups -OCH3 is 1. The lowest BCUT2D eigenvalue weighted by atomic mass is 10.1. The number of fused-ring (bicyclic) bond motifs is 1. The summed E-state index contributed by atoms with van der Waals surface area (Å²) in [5, 5.41) is 7.57. The number of hydrogen-bond donors (Lipinski definition) is 1. The van der Waals surface area contributed by atoms with Crippen molar-refractivity contribution in [2.75, 3.05) is 18.0 Å². The van der Waals surface area contributed by atoms with Crippen LogP contribution in [0.5, 0.6) is 5.75 Å². The zero-order valence-corrected chi connectivity index (χ0v) is 16.2. The third kappa shape index (κ3) is 3.39.